The number of sulfonamides is 1. The molecule has 5 nitrogen and oxygen atoms in total. The van der Waals surface area contributed by atoms with Crippen molar-refractivity contribution >= 4 is 28.3 Å². The monoisotopic (exact) mass is 272 g/mol. The number of primary sulfonamides is 1. The lowest BCUT2D eigenvalue weighted by molar-refractivity contribution is -0.124. The first-order valence-corrected chi connectivity index (χ1v) is 6.72. The molecule has 0 heterocycles. The summed E-state index contributed by atoms with van der Waals surface area (Å²) in [7, 11) is -3.48. The van der Waals surface area contributed by atoms with E-state index in [0.717, 1.165) is 6.42 Å². The lowest BCUT2D eigenvalue weighted by atomic mass is 9.98. The standard InChI is InChI=1S/C9H20N2O3S.ClH/c1-7(2)6-8(3)9(12)11-4-5-15(10,13)14;/h7-8H,4-6H2,1-3H3,(H,11,12)(H2,10,13,14);1H/t8-;/m1./s1. The Kier molecular flexibility index (Phi) is 8.87. The van der Waals surface area contributed by atoms with Gasteiger partial charge in [-0.05, 0) is 12.3 Å². The summed E-state index contributed by atoms with van der Waals surface area (Å²) in [5, 5.41) is 7.35. The fraction of sp³-hybridized carbons (Fsp3) is 0.889. The summed E-state index contributed by atoms with van der Waals surface area (Å²) in [5.74, 6) is 0.0227. The van der Waals surface area contributed by atoms with Crippen LogP contribution < -0.4 is 10.5 Å². The van der Waals surface area contributed by atoms with Crippen molar-refractivity contribution in [3.8, 4) is 0 Å². The SMILES string of the molecule is CC(C)C[C@@H](C)C(=O)NCCS(N)(=O)=O.Cl. The average molecular weight is 273 g/mol. The number of hydrogen-bond donors (Lipinski definition) is 2. The maximum atomic E-state index is 11.4. The van der Waals surface area contributed by atoms with Gasteiger partial charge in [0.25, 0.3) is 0 Å². The van der Waals surface area contributed by atoms with E-state index in [2.05, 4.69) is 5.32 Å². The van der Waals surface area contributed by atoms with Crippen LogP contribution in [0.25, 0.3) is 0 Å². The van der Waals surface area contributed by atoms with E-state index in [-0.39, 0.29) is 36.5 Å². The first-order valence-electron chi connectivity index (χ1n) is 5.00. The van der Waals surface area contributed by atoms with Crippen molar-refractivity contribution < 1.29 is 13.2 Å². The average Bonchev–Trinajstić information content (AvgIpc) is 2.00. The Morgan fingerprint density at radius 2 is 1.81 bits per heavy atom. The molecule has 0 bridgehead atoms. The van der Waals surface area contributed by atoms with Gasteiger partial charge in [-0.15, -0.1) is 12.4 Å². The highest BCUT2D eigenvalue weighted by Gasteiger charge is 2.14. The molecule has 0 fully saturated rings. The van der Waals surface area contributed by atoms with Crippen LogP contribution in [0.4, 0.5) is 0 Å². The third-order valence-electron chi connectivity index (χ3n) is 1.96. The lowest BCUT2D eigenvalue weighted by Gasteiger charge is -2.13. The summed E-state index contributed by atoms with van der Waals surface area (Å²) in [4.78, 5) is 11.4. The van der Waals surface area contributed by atoms with Gasteiger partial charge in [-0.1, -0.05) is 20.8 Å². The van der Waals surface area contributed by atoms with Gasteiger partial charge in [0, 0.05) is 12.5 Å². The molecule has 0 aliphatic rings. The molecule has 0 radical (unpaired) electrons. The predicted octanol–water partition coefficient (Wildman–Crippen LogP) is 0.495. The Morgan fingerprint density at radius 1 is 1.31 bits per heavy atom. The van der Waals surface area contributed by atoms with E-state index in [0.29, 0.717) is 5.92 Å². The largest absolute Gasteiger partial charge is 0.355 e. The zero-order valence-electron chi connectivity index (χ0n) is 9.89. The van der Waals surface area contributed by atoms with Crippen molar-refractivity contribution in [1.82, 2.24) is 5.32 Å². The van der Waals surface area contributed by atoms with Gasteiger partial charge < -0.3 is 5.32 Å². The Morgan fingerprint density at radius 3 is 2.19 bits per heavy atom. The third kappa shape index (κ3) is 10.2. The normalized spacial score (nSPS) is 13.1. The molecule has 16 heavy (non-hydrogen) atoms. The molecular weight excluding hydrogens is 252 g/mol. The minimum atomic E-state index is -3.48. The Bertz CT molecular complexity index is 304. The third-order valence-corrected chi connectivity index (χ3v) is 2.73. The summed E-state index contributed by atoms with van der Waals surface area (Å²) >= 11 is 0. The van der Waals surface area contributed by atoms with Gasteiger partial charge in [-0.25, -0.2) is 13.6 Å². The van der Waals surface area contributed by atoms with Crippen molar-refractivity contribution in [1.29, 1.82) is 0 Å². The summed E-state index contributed by atoms with van der Waals surface area (Å²) in [6.45, 7) is 5.98. The van der Waals surface area contributed by atoms with Gasteiger partial charge in [0.05, 0.1) is 5.75 Å². The lowest BCUT2D eigenvalue weighted by Crippen LogP contribution is -2.35. The van der Waals surface area contributed by atoms with Crippen LogP contribution in [-0.4, -0.2) is 26.6 Å². The van der Waals surface area contributed by atoms with Crippen LogP contribution in [0, 0.1) is 11.8 Å². The molecule has 0 aromatic rings. The highest BCUT2D eigenvalue weighted by Crippen LogP contribution is 2.10. The van der Waals surface area contributed by atoms with Crippen molar-refractivity contribution in [2.24, 2.45) is 17.0 Å². The molecule has 0 aromatic carbocycles. The smallest absolute Gasteiger partial charge is 0.222 e. The van der Waals surface area contributed by atoms with E-state index >= 15 is 0 Å². The molecule has 0 saturated carbocycles. The highest BCUT2D eigenvalue weighted by atomic mass is 35.5. The van der Waals surface area contributed by atoms with E-state index in [1.54, 1.807) is 0 Å². The molecule has 3 N–H and O–H groups in total. The van der Waals surface area contributed by atoms with Crippen molar-refractivity contribution in [3.05, 3.63) is 0 Å². The summed E-state index contributed by atoms with van der Waals surface area (Å²) < 4.78 is 21.2. The van der Waals surface area contributed by atoms with E-state index < -0.39 is 10.0 Å². The Balaban J connectivity index is 0. The van der Waals surface area contributed by atoms with Gasteiger partial charge >= 0.3 is 0 Å². The summed E-state index contributed by atoms with van der Waals surface area (Å²) in [5.41, 5.74) is 0. The van der Waals surface area contributed by atoms with Gasteiger partial charge in [0.2, 0.25) is 15.9 Å². The van der Waals surface area contributed by atoms with Crippen molar-refractivity contribution in [3.63, 3.8) is 0 Å². The maximum Gasteiger partial charge on any atom is 0.222 e. The molecule has 1 atom stereocenters. The van der Waals surface area contributed by atoms with Crippen LogP contribution >= 0.6 is 12.4 Å². The van der Waals surface area contributed by atoms with Crippen LogP contribution in [0.1, 0.15) is 27.2 Å². The zero-order chi connectivity index (χ0) is 12.1. The molecular formula is C9H21ClN2O3S. The number of carbonyl (C=O) groups excluding carboxylic acids is 1. The number of amides is 1. The second-order valence-corrected chi connectivity index (χ2v) is 5.92. The highest BCUT2D eigenvalue weighted by molar-refractivity contribution is 7.89. The molecule has 1 amide bonds. The number of halogens is 1. The summed E-state index contributed by atoms with van der Waals surface area (Å²) in [6, 6.07) is 0. The molecule has 0 aliphatic heterocycles. The van der Waals surface area contributed by atoms with E-state index in [1.807, 2.05) is 20.8 Å². The number of nitrogens with one attached hydrogen (secondary N) is 1. The molecule has 0 aromatic heterocycles. The van der Waals surface area contributed by atoms with Crippen LogP contribution in [0.15, 0.2) is 0 Å². The first-order chi connectivity index (χ1) is 6.72. The quantitative estimate of drug-likeness (QED) is 0.738. The van der Waals surface area contributed by atoms with Crippen LogP contribution in [-0.2, 0) is 14.8 Å². The van der Waals surface area contributed by atoms with Gasteiger partial charge in [0.15, 0.2) is 0 Å². The molecule has 0 saturated heterocycles. The van der Waals surface area contributed by atoms with Crippen LogP contribution in [0.5, 0.6) is 0 Å². The van der Waals surface area contributed by atoms with E-state index in [4.69, 9.17) is 5.14 Å². The fourth-order valence-electron chi connectivity index (χ4n) is 1.30. The molecule has 7 heteroatoms. The summed E-state index contributed by atoms with van der Waals surface area (Å²) in [6.07, 6.45) is 0.793. The van der Waals surface area contributed by atoms with Crippen molar-refractivity contribution in [2.45, 2.75) is 27.2 Å². The molecule has 98 valence electrons. The molecule has 0 rings (SSSR count). The molecule has 0 aliphatic carbocycles. The number of carbonyl (C=O) groups is 1. The molecule has 0 spiro atoms. The van der Waals surface area contributed by atoms with Crippen molar-refractivity contribution in [2.75, 3.05) is 12.3 Å². The first kappa shape index (κ1) is 18.0. The fourth-order valence-corrected chi connectivity index (χ4v) is 1.69. The Hall–Kier alpha value is -0.330. The minimum absolute atomic E-state index is 0. The number of rotatable bonds is 6. The van der Waals surface area contributed by atoms with E-state index in [9.17, 15) is 13.2 Å². The number of hydrogen-bond acceptors (Lipinski definition) is 3. The topological polar surface area (TPSA) is 89.3 Å². The Labute approximate surface area is 104 Å². The van der Waals surface area contributed by atoms with Gasteiger partial charge in [-0.3, -0.25) is 4.79 Å². The minimum Gasteiger partial charge on any atom is -0.355 e. The second kappa shape index (κ2) is 7.86. The number of nitrogens with two attached hydrogens (primary N) is 1. The van der Waals surface area contributed by atoms with Gasteiger partial charge in [-0.2, -0.15) is 0 Å². The van der Waals surface area contributed by atoms with Crippen LogP contribution in [0.3, 0.4) is 0 Å². The second-order valence-electron chi connectivity index (χ2n) is 4.19. The van der Waals surface area contributed by atoms with Gasteiger partial charge in [0.1, 0.15) is 0 Å². The van der Waals surface area contributed by atoms with Crippen LogP contribution in [0.2, 0.25) is 0 Å². The predicted molar refractivity (Wildman–Crippen MR) is 66.9 cm³/mol. The molecule has 0 unspecified atom stereocenters. The van der Waals surface area contributed by atoms with E-state index in [1.165, 1.54) is 0 Å². The zero-order valence-corrected chi connectivity index (χ0v) is 11.5. The maximum absolute atomic E-state index is 11.4.